The van der Waals surface area contributed by atoms with Gasteiger partial charge in [-0.1, -0.05) is 0 Å². The van der Waals surface area contributed by atoms with E-state index in [1.54, 1.807) is 12.3 Å². The number of nitrogens with one attached hydrogen (secondary N) is 1. The van der Waals surface area contributed by atoms with Gasteiger partial charge in [0.2, 0.25) is 11.8 Å². The Morgan fingerprint density at radius 3 is 2.84 bits per heavy atom. The van der Waals surface area contributed by atoms with Crippen molar-refractivity contribution in [3.05, 3.63) is 33.6 Å². The van der Waals surface area contributed by atoms with E-state index in [4.69, 9.17) is 4.74 Å². The summed E-state index contributed by atoms with van der Waals surface area (Å²) < 4.78 is 5.37. The van der Waals surface area contributed by atoms with Crippen LogP contribution in [-0.2, 0) is 0 Å². The molecule has 0 bridgehead atoms. The lowest BCUT2D eigenvalue weighted by atomic mass is 10.1. The highest BCUT2D eigenvalue weighted by atomic mass is 32.1. The Morgan fingerprint density at radius 1 is 1.42 bits per heavy atom. The lowest BCUT2D eigenvalue weighted by Crippen LogP contribution is -2.10. The quantitative estimate of drug-likeness (QED) is 0.904. The van der Waals surface area contributed by atoms with Crippen molar-refractivity contribution in [2.75, 3.05) is 11.9 Å². The molecular formula is C14H19N3OS. The van der Waals surface area contributed by atoms with E-state index in [0.717, 1.165) is 0 Å². The van der Waals surface area contributed by atoms with Gasteiger partial charge in [0.05, 0.1) is 12.6 Å². The molecule has 0 amide bonds. The molecule has 0 aromatic carbocycles. The Hall–Kier alpha value is -1.62. The molecule has 4 nitrogen and oxygen atoms in total. The van der Waals surface area contributed by atoms with E-state index >= 15 is 0 Å². The first-order valence-corrected chi connectivity index (χ1v) is 7.21. The summed E-state index contributed by atoms with van der Waals surface area (Å²) in [5.74, 6) is 1.20. The number of aromatic nitrogens is 2. The minimum atomic E-state index is 0.182. The normalized spacial score (nSPS) is 12.2. The van der Waals surface area contributed by atoms with Crippen LogP contribution in [-0.4, -0.2) is 16.6 Å². The average Bonchev–Trinajstić information content (AvgIpc) is 2.69. The topological polar surface area (TPSA) is 47.0 Å². The Kier molecular flexibility index (Phi) is 4.37. The first-order chi connectivity index (χ1) is 9.10. The second kappa shape index (κ2) is 6.02. The molecule has 2 rings (SSSR count). The molecule has 0 saturated heterocycles. The highest BCUT2D eigenvalue weighted by Crippen LogP contribution is 2.27. The number of nitrogens with zero attached hydrogens (tertiary/aromatic N) is 2. The SMILES string of the molecule is CCOc1ccnc(NC(C)c2cc(C)sc2C)n1. The van der Waals surface area contributed by atoms with Crippen LogP contribution in [0.3, 0.4) is 0 Å². The first kappa shape index (κ1) is 13.8. The molecule has 1 unspecified atom stereocenters. The van der Waals surface area contributed by atoms with Gasteiger partial charge in [0.15, 0.2) is 0 Å². The molecule has 2 aromatic heterocycles. The van der Waals surface area contributed by atoms with E-state index in [0.29, 0.717) is 18.4 Å². The molecule has 0 fully saturated rings. The molecule has 102 valence electrons. The van der Waals surface area contributed by atoms with E-state index in [1.807, 2.05) is 18.3 Å². The minimum absolute atomic E-state index is 0.182. The van der Waals surface area contributed by atoms with Crippen molar-refractivity contribution in [2.45, 2.75) is 33.7 Å². The second-order valence-corrected chi connectivity index (χ2v) is 5.85. The van der Waals surface area contributed by atoms with Gasteiger partial charge in [0.25, 0.3) is 0 Å². The van der Waals surface area contributed by atoms with Crippen LogP contribution in [0.4, 0.5) is 5.95 Å². The predicted octanol–water partition coefficient (Wildman–Crippen LogP) is 3.73. The molecule has 0 aliphatic carbocycles. The largest absolute Gasteiger partial charge is 0.478 e. The summed E-state index contributed by atoms with van der Waals surface area (Å²) in [7, 11) is 0. The number of rotatable bonds is 5. The third kappa shape index (κ3) is 3.44. The van der Waals surface area contributed by atoms with Crippen molar-refractivity contribution in [3.8, 4) is 5.88 Å². The number of anilines is 1. The van der Waals surface area contributed by atoms with Crippen molar-refractivity contribution in [2.24, 2.45) is 0 Å². The van der Waals surface area contributed by atoms with Crippen LogP contribution in [0.25, 0.3) is 0 Å². The molecule has 0 aliphatic heterocycles. The van der Waals surface area contributed by atoms with Crippen molar-refractivity contribution in [3.63, 3.8) is 0 Å². The van der Waals surface area contributed by atoms with Crippen LogP contribution < -0.4 is 10.1 Å². The maximum Gasteiger partial charge on any atom is 0.226 e. The van der Waals surface area contributed by atoms with Crippen molar-refractivity contribution in [1.29, 1.82) is 0 Å². The fourth-order valence-corrected chi connectivity index (χ4v) is 3.01. The Balaban J connectivity index is 2.12. The number of thiophene rings is 1. The zero-order valence-corrected chi connectivity index (χ0v) is 12.5. The molecule has 2 aromatic rings. The molecular weight excluding hydrogens is 258 g/mol. The van der Waals surface area contributed by atoms with Gasteiger partial charge in [-0.05, 0) is 39.3 Å². The standard InChI is InChI=1S/C14H19N3OS/c1-5-18-13-6-7-15-14(17-13)16-10(3)12-8-9(2)19-11(12)4/h6-8,10H,5H2,1-4H3,(H,15,16,17). The summed E-state index contributed by atoms with van der Waals surface area (Å²) in [5, 5.41) is 3.32. The van der Waals surface area contributed by atoms with Crippen LogP contribution >= 0.6 is 11.3 Å². The maximum absolute atomic E-state index is 5.37. The van der Waals surface area contributed by atoms with E-state index in [-0.39, 0.29) is 6.04 Å². The molecule has 2 heterocycles. The predicted molar refractivity (Wildman–Crippen MR) is 79.0 cm³/mol. The fraction of sp³-hybridized carbons (Fsp3) is 0.429. The maximum atomic E-state index is 5.37. The van der Waals surface area contributed by atoms with Crippen LogP contribution in [0.2, 0.25) is 0 Å². The smallest absolute Gasteiger partial charge is 0.226 e. The van der Waals surface area contributed by atoms with E-state index in [9.17, 15) is 0 Å². The molecule has 0 saturated carbocycles. The monoisotopic (exact) mass is 277 g/mol. The highest BCUT2D eigenvalue weighted by Gasteiger charge is 2.12. The molecule has 0 radical (unpaired) electrons. The molecule has 0 aliphatic rings. The van der Waals surface area contributed by atoms with Gasteiger partial charge < -0.3 is 10.1 Å². The molecule has 5 heteroatoms. The zero-order chi connectivity index (χ0) is 13.8. The van der Waals surface area contributed by atoms with E-state index in [2.05, 4.69) is 42.1 Å². The average molecular weight is 277 g/mol. The molecule has 0 spiro atoms. The highest BCUT2D eigenvalue weighted by molar-refractivity contribution is 7.12. The van der Waals surface area contributed by atoms with Gasteiger partial charge in [-0.2, -0.15) is 4.98 Å². The van der Waals surface area contributed by atoms with Crippen LogP contribution in [0.15, 0.2) is 18.3 Å². The number of hydrogen-bond acceptors (Lipinski definition) is 5. The third-order valence-electron chi connectivity index (χ3n) is 2.81. The van der Waals surface area contributed by atoms with Gasteiger partial charge in [0.1, 0.15) is 0 Å². The summed E-state index contributed by atoms with van der Waals surface area (Å²) in [6, 6.07) is 4.16. The summed E-state index contributed by atoms with van der Waals surface area (Å²) in [5.41, 5.74) is 1.30. The molecule has 1 N–H and O–H groups in total. The van der Waals surface area contributed by atoms with E-state index < -0.39 is 0 Å². The van der Waals surface area contributed by atoms with Crippen molar-refractivity contribution >= 4 is 17.3 Å². The minimum Gasteiger partial charge on any atom is -0.478 e. The summed E-state index contributed by atoms with van der Waals surface area (Å²) in [6.07, 6.45) is 1.71. The Bertz CT molecular complexity index is 553. The van der Waals surface area contributed by atoms with Crippen LogP contribution in [0.1, 0.15) is 35.2 Å². The molecule has 19 heavy (non-hydrogen) atoms. The number of aryl methyl sites for hydroxylation is 2. The van der Waals surface area contributed by atoms with Gasteiger partial charge in [0, 0.05) is 22.0 Å². The first-order valence-electron chi connectivity index (χ1n) is 6.39. The second-order valence-electron chi connectivity index (χ2n) is 4.39. The number of hydrogen-bond donors (Lipinski definition) is 1. The van der Waals surface area contributed by atoms with Crippen LogP contribution in [0, 0.1) is 13.8 Å². The van der Waals surface area contributed by atoms with Gasteiger partial charge in [-0.15, -0.1) is 11.3 Å². The Labute approximate surface area is 117 Å². The van der Waals surface area contributed by atoms with Crippen LogP contribution in [0.5, 0.6) is 5.88 Å². The van der Waals surface area contributed by atoms with Gasteiger partial charge >= 0.3 is 0 Å². The molecule has 1 atom stereocenters. The van der Waals surface area contributed by atoms with Crippen molar-refractivity contribution < 1.29 is 4.74 Å². The zero-order valence-electron chi connectivity index (χ0n) is 11.7. The summed E-state index contributed by atoms with van der Waals surface area (Å²) in [6.45, 7) is 8.93. The fourth-order valence-electron chi connectivity index (χ4n) is 1.99. The lowest BCUT2D eigenvalue weighted by molar-refractivity contribution is 0.326. The van der Waals surface area contributed by atoms with Crippen molar-refractivity contribution in [1.82, 2.24) is 9.97 Å². The third-order valence-corrected chi connectivity index (χ3v) is 3.80. The van der Waals surface area contributed by atoms with Gasteiger partial charge in [-0.3, -0.25) is 0 Å². The lowest BCUT2D eigenvalue weighted by Gasteiger charge is -2.14. The number of ether oxygens (including phenoxy) is 1. The Morgan fingerprint density at radius 2 is 2.21 bits per heavy atom. The van der Waals surface area contributed by atoms with Gasteiger partial charge in [-0.25, -0.2) is 4.98 Å². The summed E-state index contributed by atoms with van der Waals surface area (Å²) >= 11 is 1.81. The van der Waals surface area contributed by atoms with E-state index in [1.165, 1.54) is 15.3 Å². The summed E-state index contributed by atoms with van der Waals surface area (Å²) in [4.78, 5) is 11.2.